The fraction of sp³-hybridized carbons (Fsp3) is 0.611. The van der Waals surface area contributed by atoms with Crippen LogP contribution in [0.3, 0.4) is 0 Å². The van der Waals surface area contributed by atoms with Crippen molar-refractivity contribution in [3.63, 3.8) is 0 Å². The van der Waals surface area contributed by atoms with Gasteiger partial charge in [0, 0.05) is 25.7 Å². The minimum absolute atomic E-state index is 0.0852. The van der Waals surface area contributed by atoms with Gasteiger partial charge in [0.15, 0.2) is 0 Å². The van der Waals surface area contributed by atoms with Gasteiger partial charge in [-0.1, -0.05) is 30.3 Å². The molecule has 2 rings (SSSR count). The first-order valence-corrected chi connectivity index (χ1v) is 8.42. The molecular weight excluding hydrogens is 292 g/mol. The number of rotatable bonds is 7. The molecule has 3 atom stereocenters. The Morgan fingerprint density at radius 1 is 1.35 bits per heavy atom. The van der Waals surface area contributed by atoms with Crippen molar-refractivity contribution in [1.82, 2.24) is 5.32 Å². The number of nitrogens with one attached hydrogen (secondary N) is 1. The number of aliphatic hydroxyl groups is 1. The molecule has 128 valence electrons. The van der Waals surface area contributed by atoms with E-state index in [1.54, 1.807) is 6.92 Å². The number of hydrogen-bond donors (Lipinski definition) is 3. The van der Waals surface area contributed by atoms with Crippen LogP contribution in [0.1, 0.15) is 37.7 Å². The number of amides is 1. The zero-order valence-corrected chi connectivity index (χ0v) is 13.8. The summed E-state index contributed by atoms with van der Waals surface area (Å²) in [6.07, 6.45) is 1.87. The molecule has 1 aromatic carbocycles. The molecule has 1 heterocycles. The SMILES string of the molecule is CC(O)CC(CNC(=O)C(N)C1CCOCC1)c1ccccc1. The second-order valence-electron chi connectivity index (χ2n) is 6.41. The van der Waals surface area contributed by atoms with E-state index in [2.05, 4.69) is 5.32 Å². The van der Waals surface area contributed by atoms with Crippen molar-refractivity contribution in [3.05, 3.63) is 35.9 Å². The molecule has 0 aliphatic carbocycles. The van der Waals surface area contributed by atoms with Crippen LogP contribution in [0.15, 0.2) is 30.3 Å². The van der Waals surface area contributed by atoms with Crippen LogP contribution < -0.4 is 11.1 Å². The molecule has 3 unspecified atom stereocenters. The number of hydrogen-bond acceptors (Lipinski definition) is 4. The molecular formula is C18H28N2O3. The second kappa shape index (κ2) is 9.01. The quantitative estimate of drug-likeness (QED) is 0.709. The minimum atomic E-state index is -0.484. The Labute approximate surface area is 138 Å². The van der Waals surface area contributed by atoms with Crippen LogP contribution >= 0.6 is 0 Å². The summed E-state index contributed by atoms with van der Waals surface area (Å²) in [5.41, 5.74) is 7.22. The maximum atomic E-state index is 12.3. The molecule has 1 aliphatic heterocycles. The fourth-order valence-electron chi connectivity index (χ4n) is 3.10. The van der Waals surface area contributed by atoms with Crippen molar-refractivity contribution in [1.29, 1.82) is 0 Å². The summed E-state index contributed by atoms with van der Waals surface area (Å²) in [5.74, 6) is 0.168. The van der Waals surface area contributed by atoms with Crippen LogP contribution in [0.5, 0.6) is 0 Å². The van der Waals surface area contributed by atoms with Gasteiger partial charge >= 0.3 is 0 Å². The number of ether oxygens (including phenoxy) is 1. The van der Waals surface area contributed by atoms with Gasteiger partial charge in [0.2, 0.25) is 5.91 Å². The van der Waals surface area contributed by atoms with E-state index in [1.807, 2.05) is 30.3 Å². The van der Waals surface area contributed by atoms with Crippen molar-refractivity contribution >= 4 is 5.91 Å². The first-order chi connectivity index (χ1) is 11.1. The Morgan fingerprint density at radius 2 is 2.00 bits per heavy atom. The van der Waals surface area contributed by atoms with Gasteiger partial charge in [0.05, 0.1) is 12.1 Å². The summed E-state index contributed by atoms with van der Waals surface area (Å²) in [7, 11) is 0. The average Bonchev–Trinajstić information content (AvgIpc) is 2.59. The van der Waals surface area contributed by atoms with Gasteiger partial charge in [-0.15, -0.1) is 0 Å². The molecule has 1 amide bonds. The van der Waals surface area contributed by atoms with Gasteiger partial charge in [-0.2, -0.15) is 0 Å². The van der Waals surface area contributed by atoms with Crippen molar-refractivity contribution in [2.24, 2.45) is 11.7 Å². The molecule has 5 nitrogen and oxygen atoms in total. The van der Waals surface area contributed by atoms with E-state index in [9.17, 15) is 9.90 Å². The average molecular weight is 320 g/mol. The maximum Gasteiger partial charge on any atom is 0.237 e. The molecule has 0 radical (unpaired) electrons. The van der Waals surface area contributed by atoms with E-state index in [1.165, 1.54) is 0 Å². The fourth-order valence-corrected chi connectivity index (χ4v) is 3.10. The van der Waals surface area contributed by atoms with Crippen LogP contribution in [-0.4, -0.2) is 42.9 Å². The van der Waals surface area contributed by atoms with E-state index in [0.717, 1.165) is 18.4 Å². The van der Waals surface area contributed by atoms with Crippen LogP contribution in [0.4, 0.5) is 0 Å². The number of carbonyl (C=O) groups excluding carboxylic acids is 1. The number of carbonyl (C=O) groups is 1. The topological polar surface area (TPSA) is 84.6 Å². The number of nitrogens with two attached hydrogens (primary N) is 1. The van der Waals surface area contributed by atoms with Crippen LogP contribution in [-0.2, 0) is 9.53 Å². The second-order valence-corrected chi connectivity index (χ2v) is 6.41. The maximum absolute atomic E-state index is 12.3. The molecule has 5 heteroatoms. The van der Waals surface area contributed by atoms with Gasteiger partial charge < -0.3 is 20.9 Å². The highest BCUT2D eigenvalue weighted by molar-refractivity contribution is 5.81. The largest absolute Gasteiger partial charge is 0.393 e. The van der Waals surface area contributed by atoms with Crippen molar-refractivity contribution in [2.45, 2.75) is 44.2 Å². The Kier molecular flexibility index (Phi) is 7.02. The summed E-state index contributed by atoms with van der Waals surface area (Å²) in [5, 5.41) is 12.7. The van der Waals surface area contributed by atoms with Gasteiger partial charge in [-0.25, -0.2) is 0 Å². The van der Waals surface area contributed by atoms with Crippen molar-refractivity contribution < 1.29 is 14.6 Å². The van der Waals surface area contributed by atoms with Crippen LogP contribution in [0.25, 0.3) is 0 Å². The monoisotopic (exact) mass is 320 g/mol. The minimum Gasteiger partial charge on any atom is -0.393 e. The molecule has 4 N–H and O–H groups in total. The standard InChI is InChI=1S/C18H28N2O3/c1-13(21)11-16(14-5-3-2-4-6-14)12-20-18(22)17(19)15-7-9-23-10-8-15/h2-6,13,15-17,21H,7-12,19H2,1H3,(H,20,22). The Bertz CT molecular complexity index is 472. The Hall–Kier alpha value is -1.43. The first kappa shape index (κ1) is 17.9. The van der Waals surface area contributed by atoms with E-state index >= 15 is 0 Å². The van der Waals surface area contributed by atoms with Gasteiger partial charge in [0.1, 0.15) is 0 Å². The summed E-state index contributed by atoms with van der Waals surface area (Å²) in [6, 6.07) is 9.47. The molecule has 1 aromatic rings. The van der Waals surface area contributed by atoms with Gasteiger partial charge in [0.25, 0.3) is 0 Å². The van der Waals surface area contributed by atoms with E-state index in [-0.39, 0.29) is 17.7 Å². The zero-order chi connectivity index (χ0) is 16.7. The molecule has 23 heavy (non-hydrogen) atoms. The predicted octanol–water partition coefficient (Wildman–Crippen LogP) is 1.41. The highest BCUT2D eigenvalue weighted by atomic mass is 16.5. The summed E-state index contributed by atoms with van der Waals surface area (Å²) < 4.78 is 5.31. The normalized spacial score (nSPS) is 19.8. The third-order valence-electron chi connectivity index (χ3n) is 4.50. The predicted molar refractivity (Wildman–Crippen MR) is 90.0 cm³/mol. The Morgan fingerprint density at radius 3 is 2.61 bits per heavy atom. The summed E-state index contributed by atoms with van der Waals surface area (Å²) in [4.78, 5) is 12.3. The van der Waals surface area contributed by atoms with E-state index in [0.29, 0.717) is 26.2 Å². The summed E-state index contributed by atoms with van der Waals surface area (Å²) in [6.45, 7) is 3.62. The van der Waals surface area contributed by atoms with Crippen molar-refractivity contribution in [3.8, 4) is 0 Å². The van der Waals surface area contributed by atoms with Gasteiger partial charge in [-0.3, -0.25) is 4.79 Å². The number of aliphatic hydroxyl groups excluding tert-OH is 1. The highest BCUT2D eigenvalue weighted by Crippen LogP contribution is 2.21. The van der Waals surface area contributed by atoms with Crippen LogP contribution in [0.2, 0.25) is 0 Å². The zero-order valence-electron chi connectivity index (χ0n) is 13.8. The lowest BCUT2D eigenvalue weighted by Gasteiger charge is -2.27. The lowest BCUT2D eigenvalue weighted by atomic mass is 9.91. The molecule has 0 aromatic heterocycles. The first-order valence-electron chi connectivity index (χ1n) is 8.42. The molecule has 0 saturated carbocycles. The third-order valence-corrected chi connectivity index (χ3v) is 4.50. The Balaban J connectivity index is 1.90. The molecule has 1 aliphatic rings. The molecule has 0 bridgehead atoms. The lowest BCUT2D eigenvalue weighted by Crippen LogP contribution is -2.48. The molecule has 1 saturated heterocycles. The molecule has 1 fully saturated rings. The van der Waals surface area contributed by atoms with Gasteiger partial charge in [-0.05, 0) is 37.7 Å². The lowest BCUT2D eigenvalue weighted by molar-refractivity contribution is -0.124. The number of benzene rings is 1. The molecule has 0 spiro atoms. The smallest absolute Gasteiger partial charge is 0.237 e. The van der Waals surface area contributed by atoms with E-state index in [4.69, 9.17) is 10.5 Å². The van der Waals surface area contributed by atoms with Crippen LogP contribution in [0, 0.1) is 5.92 Å². The highest BCUT2D eigenvalue weighted by Gasteiger charge is 2.27. The van der Waals surface area contributed by atoms with Crippen molar-refractivity contribution in [2.75, 3.05) is 19.8 Å². The summed E-state index contributed by atoms with van der Waals surface area (Å²) >= 11 is 0. The van der Waals surface area contributed by atoms with E-state index < -0.39 is 12.1 Å². The third kappa shape index (κ3) is 5.61.